The van der Waals surface area contributed by atoms with Crippen molar-refractivity contribution in [1.82, 2.24) is 14.8 Å². The molecule has 24 heavy (non-hydrogen) atoms. The molecule has 5 heteroatoms. The van der Waals surface area contributed by atoms with Crippen molar-refractivity contribution in [3.63, 3.8) is 0 Å². The van der Waals surface area contributed by atoms with Crippen molar-refractivity contribution in [2.24, 2.45) is 0 Å². The minimum Gasteiger partial charge on any atom is -0.396 e. The summed E-state index contributed by atoms with van der Waals surface area (Å²) in [4.78, 5) is 3.30. The van der Waals surface area contributed by atoms with Gasteiger partial charge in [0.1, 0.15) is 5.69 Å². The van der Waals surface area contributed by atoms with E-state index in [1.54, 1.807) is 0 Å². The summed E-state index contributed by atoms with van der Waals surface area (Å²) >= 11 is 0. The number of hydrogen-bond donors (Lipinski definition) is 2. The number of nitrogens with zero attached hydrogens (tertiary/aromatic N) is 2. The number of fused-ring (bicyclic) bond motifs is 1. The molecule has 2 aromatic heterocycles. The maximum atomic E-state index is 6.29. The van der Waals surface area contributed by atoms with Gasteiger partial charge in [-0.3, -0.25) is 4.68 Å². The molecule has 1 saturated carbocycles. The first-order valence-corrected chi connectivity index (χ1v) is 8.79. The number of aromatic amines is 1. The summed E-state index contributed by atoms with van der Waals surface area (Å²) < 4.78 is 7.81. The first-order valence-electron chi connectivity index (χ1n) is 8.79. The van der Waals surface area contributed by atoms with Gasteiger partial charge in [0.25, 0.3) is 0 Å². The van der Waals surface area contributed by atoms with Gasteiger partial charge < -0.3 is 15.5 Å². The average molecular weight is 324 g/mol. The number of anilines is 1. The number of para-hydroxylation sites is 1. The highest BCUT2D eigenvalue weighted by Gasteiger charge is 2.24. The number of nitrogens with one attached hydrogen (secondary N) is 1. The molecule has 0 spiro atoms. The summed E-state index contributed by atoms with van der Waals surface area (Å²) in [5.41, 5.74) is 10.1. The minimum atomic E-state index is 0.409. The van der Waals surface area contributed by atoms with E-state index in [1.165, 1.54) is 5.39 Å². The van der Waals surface area contributed by atoms with Crippen LogP contribution in [0, 0.1) is 0 Å². The fourth-order valence-electron chi connectivity index (χ4n) is 3.80. The zero-order valence-corrected chi connectivity index (χ0v) is 14.0. The van der Waals surface area contributed by atoms with Crippen molar-refractivity contribution in [2.45, 2.75) is 44.8 Å². The highest BCUT2D eigenvalue weighted by molar-refractivity contribution is 5.95. The number of hydrogen-bond acceptors (Lipinski definition) is 3. The second-order valence-corrected chi connectivity index (χ2v) is 6.55. The maximum Gasteiger partial charge on any atom is 0.117 e. The standard InChI is InChI=1S/C19H24N4O/c1-2-24-15-8-6-14(7-9-15)23-12-17(20)19(22-23)16-5-3-4-13-10-11-21-18(13)16/h3-5,10-12,14-15,21H,2,6-9,20H2,1H3. The van der Waals surface area contributed by atoms with E-state index in [-0.39, 0.29) is 0 Å². The van der Waals surface area contributed by atoms with Gasteiger partial charge in [-0.15, -0.1) is 0 Å². The molecule has 1 aliphatic carbocycles. The van der Waals surface area contributed by atoms with Crippen LogP contribution in [0.15, 0.2) is 36.7 Å². The predicted molar refractivity (Wildman–Crippen MR) is 96.9 cm³/mol. The Bertz CT molecular complexity index is 827. The van der Waals surface area contributed by atoms with Crippen LogP contribution in [0.3, 0.4) is 0 Å². The summed E-state index contributed by atoms with van der Waals surface area (Å²) in [6.07, 6.45) is 8.74. The predicted octanol–water partition coefficient (Wildman–Crippen LogP) is 4.13. The number of H-pyrrole nitrogens is 1. The molecule has 1 aromatic carbocycles. The zero-order chi connectivity index (χ0) is 16.5. The Balaban J connectivity index is 1.60. The van der Waals surface area contributed by atoms with Crippen LogP contribution in [-0.2, 0) is 4.74 Å². The Morgan fingerprint density at radius 2 is 2.08 bits per heavy atom. The molecule has 126 valence electrons. The van der Waals surface area contributed by atoms with Crippen LogP contribution in [0.4, 0.5) is 5.69 Å². The van der Waals surface area contributed by atoms with Crippen LogP contribution in [-0.4, -0.2) is 27.5 Å². The van der Waals surface area contributed by atoms with Crippen molar-refractivity contribution < 1.29 is 4.74 Å². The molecule has 0 atom stereocenters. The minimum absolute atomic E-state index is 0.409. The molecular weight excluding hydrogens is 300 g/mol. The van der Waals surface area contributed by atoms with Crippen LogP contribution in [0.25, 0.3) is 22.2 Å². The number of benzene rings is 1. The van der Waals surface area contributed by atoms with Crippen molar-refractivity contribution in [3.05, 3.63) is 36.7 Å². The first kappa shape index (κ1) is 15.3. The summed E-state index contributed by atoms with van der Waals surface area (Å²) in [7, 11) is 0. The van der Waals surface area contributed by atoms with Gasteiger partial charge in [0.15, 0.2) is 0 Å². The lowest BCUT2D eigenvalue weighted by atomic mass is 9.93. The summed E-state index contributed by atoms with van der Waals surface area (Å²) in [6, 6.07) is 8.71. The molecule has 3 N–H and O–H groups in total. The van der Waals surface area contributed by atoms with Gasteiger partial charge >= 0.3 is 0 Å². The van der Waals surface area contributed by atoms with Gasteiger partial charge in [-0.2, -0.15) is 5.10 Å². The highest BCUT2D eigenvalue weighted by atomic mass is 16.5. The van der Waals surface area contributed by atoms with Gasteiger partial charge in [0, 0.05) is 30.0 Å². The van der Waals surface area contributed by atoms with Crippen LogP contribution in [0.5, 0.6) is 0 Å². The normalized spacial score (nSPS) is 21.4. The molecule has 0 unspecified atom stereocenters. The Kier molecular flexibility index (Phi) is 4.02. The summed E-state index contributed by atoms with van der Waals surface area (Å²) in [5, 5.41) is 6.01. The third kappa shape index (κ3) is 2.69. The lowest BCUT2D eigenvalue weighted by Crippen LogP contribution is -2.24. The molecule has 1 aliphatic rings. The zero-order valence-electron chi connectivity index (χ0n) is 14.0. The van der Waals surface area contributed by atoms with Crippen LogP contribution >= 0.6 is 0 Å². The maximum absolute atomic E-state index is 6.29. The molecule has 0 bridgehead atoms. The molecular formula is C19H24N4O. The number of nitrogen functional groups attached to an aromatic ring is 1. The number of ether oxygens (including phenoxy) is 1. The van der Waals surface area contributed by atoms with E-state index in [1.807, 2.05) is 12.4 Å². The monoisotopic (exact) mass is 324 g/mol. The van der Waals surface area contributed by atoms with E-state index in [0.717, 1.165) is 54.8 Å². The van der Waals surface area contributed by atoms with Gasteiger partial charge in [-0.05, 0) is 38.7 Å². The van der Waals surface area contributed by atoms with E-state index in [9.17, 15) is 0 Å². The largest absolute Gasteiger partial charge is 0.396 e. The van der Waals surface area contributed by atoms with Crippen LogP contribution in [0.2, 0.25) is 0 Å². The molecule has 4 rings (SSSR count). The fourth-order valence-corrected chi connectivity index (χ4v) is 3.80. The summed E-state index contributed by atoms with van der Waals surface area (Å²) in [6.45, 7) is 2.86. The third-order valence-electron chi connectivity index (χ3n) is 5.02. The second-order valence-electron chi connectivity index (χ2n) is 6.55. The molecule has 2 heterocycles. The first-order chi connectivity index (χ1) is 11.8. The van der Waals surface area contributed by atoms with E-state index in [4.69, 9.17) is 15.6 Å². The van der Waals surface area contributed by atoms with E-state index < -0.39 is 0 Å². The van der Waals surface area contributed by atoms with Gasteiger partial charge in [0.2, 0.25) is 0 Å². The van der Waals surface area contributed by atoms with Gasteiger partial charge in [-0.1, -0.05) is 18.2 Å². The molecule has 0 aliphatic heterocycles. The van der Waals surface area contributed by atoms with E-state index >= 15 is 0 Å². The molecule has 3 aromatic rings. The van der Waals surface area contributed by atoms with Crippen molar-refractivity contribution in [3.8, 4) is 11.3 Å². The lowest BCUT2D eigenvalue weighted by Gasteiger charge is -2.28. The SMILES string of the molecule is CCOC1CCC(n2cc(N)c(-c3cccc4cc[nH]c34)n2)CC1. The topological polar surface area (TPSA) is 68.9 Å². The Labute approximate surface area is 141 Å². The quantitative estimate of drug-likeness (QED) is 0.758. The van der Waals surface area contributed by atoms with Crippen molar-refractivity contribution >= 4 is 16.6 Å². The smallest absolute Gasteiger partial charge is 0.117 e. The van der Waals surface area contributed by atoms with Crippen molar-refractivity contribution in [2.75, 3.05) is 12.3 Å². The lowest BCUT2D eigenvalue weighted by molar-refractivity contribution is 0.0260. The molecule has 0 radical (unpaired) electrons. The molecule has 0 amide bonds. The van der Waals surface area contributed by atoms with Gasteiger partial charge in [-0.25, -0.2) is 0 Å². The Morgan fingerprint density at radius 1 is 1.25 bits per heavy atom. The van der Waals surface area contributed by atoms with Gasteiger partial charge in [0.05, 0.1) is 23.3 Å². The highest BCUT2D eigenvalue weighted by Crippen LogP contribution is 2.34. The Morgan fingerprint density at radius 3 is 2.88 bits per heavy atom. The number of rotatable bonds is 4. The van der Waals surface area contributed by atoms with E-state index in [0.29, 0.717) is 12.1 Å². The molecule has 5 nitrogen and oxygen atoms in total. The molecule has 1 fully saturated rings. The summed E-state index contributed by atoms with van der Waals surface area (Å²) in [5.74, 6) is 0. The number of nitrogens with two attached hydrogens (primary N) is 1. The third-order valence-corrected chi connectivity index (χ3v) is 5.02. The molecule has 0 saturated heterocycles. The second kappa shape index (κ2) is 6.32. The van der Waals surface area contributed by atoms with Crippen LogP contribution in [0.1, 0.15) is 38.6 Å². The number of aromatic nitrogens is 3. The van der Waals surface area contributed by atoms with Crippen LogP contribution < -0.4 is 5.73 Å². The Hall–Kier alpha value is -2.27. The fraction of sp³-hybridized carbons (Fsp3) is 0.421. The van der Waals surface area contributed by atoms with E-state index in [2.05, 4.69) is 40.9 Å². The average Bonchev–Trinajstić information content (AvgIpc) is 3.22. The van der Waals surface area contributed by atoms with Crippen molar-refractivity contribution in [1.29, 1.82) is 0 Å².